The highest BCUT2D eigenvalue weighted by Gasteiger charge is 2.27. The molecule has 0 aromatic carbocycles. The van der Waals surface area contributed by atoms with Crippen LogP contribution in [-0.4, -0.2) is 102 Å². The first-order chi connectivity index (χ1) is 13.5. The molecule has 0 N–H and O–H groups in total. The third-order valence-corrected chi connectivity index (χ3v) is 5.26. The molecule has 2 aliphatic heterocycles. The molecule has 2 amide bonds. The molecule has 0 radical (unpaired) electrons. The largest absolute Gasteiger partial charge is 0.450 e. The van der Waals surface area contributed by atoms with Crippen molar-refractivity contribution in [1.29, 1.82) is 0 Å². The fourth-order valence-corrected chi connectivity index (χ4v) is 3.54. The summed E-state index contributed by atoms with van der Waals surface area (Å²) in [6.45, 7) is 12.8. The Morgan fingerprint density at radius 2 is 1.61 bits per heavy atom. The van der Waals surface area contributed by atoms with Crippen molar-refractivity contribution in [2.24, 2.45) is 0 Å². The Kier molecular flexibility index (Phi) is 6.66. The van der Waals surface area contributed by atoms with E-state index in [4.69, 9.17) is 4.74 Å². The molecular formula is C19H30N6O3. The predicted octanol–water partition coefficient (Wildman–Crippen LogP) is 0.841. The van der Waals surface area contributed by atoms with E-state index in [-0.39, 0.29) is 12.0 Å². The van der Waals surface area contributed by atoms with E-state index in [1.54, 1.807) is 22.8 Å². The third-order valence-electron chi connectivity index (χ3n) is 5.26. The van der Waals surface area contributed by atoms with E-state index in [0.29, 0.717) is 44.4 Å². The van der Waals surface area contributed by atoms with Crippen LogP contribution in [0, 0.1) is 6.92 Å². The van der Waals surface area contributed by atoms with Crippen LogP contribution in [0.5, 0.6) is 0 Å². The van der Waals surface area contributed by atoms with Gasteiger partial charge in [0, 0.05) is 58.1 Å². The minimum atomic E-state index is -0.319. The number of carbonyl (C=O) groups excluding carboxylic acids is 2. The Hall–Kier alpha value is -2.42. The average Bonchev–Trinajstić information content (AvgIpc) is 2.73. The van der Waals surface area contributed by atoms with Gasteiger partial charge >= 0.3 is 6.09 Å². The van der Waals surface area contributed by atoms with Crippen molar-refractivity contribution in [2.75, 3.05) is 70.4 Å². The second kappa shape index (κ2) is 9.18. The van der Waals surface area contributed by atoms with Gasteiger partial charge in [-0.05, 0) is 26.5 Å². The molecule has 1 aromatic rings. The van der Waals surface area contributed by atoms with Crippen molar-refractivity contribution >= 4 is 17.9 Å². The number of ether oxygens (including phenoxy) is 1. The maximum Gasteiger partial charge on any atom is 0.409 e. The molecule has 2 aliphatic rings. The van der Waals surface area contributed by atoms with Crippen LogP contribution in [0.2, 0.25) is 0 Å². The van der Waals surface area contributed by atoms with Crippen LogP contribution in [0.4, 0.5) is 10.7 Å². The van der Waals surface area contributed by atoms with E-state index >= 15 is 0 Å². The summed E-state index contributed by atoms with van der Waals surface area (Å²) in [4.78, 5) is 41.8. The van der Waals surface area contributed by atoms with Crippen molar-refractivity contribution in [3.63, 3.8) is 0 Å². The molecule has 0 saturated carbocycles. The highest BCUT2D eigenvalue weighted by Crippen LogP contribution is 2.15. The van der Waals surface area contributed by atoms with E-state index in [0.717, 1.165) is 38.4 Å². The standard InChI is InChI=1S/C19H30N6O3/c1-4-22-6-8-24(9-7-22)18-20-15(3)14-16(21-18)17(26)23-10-12-25(13-11-23)19(27)28-5-2/h14H,4-13H2,1-3H3. The number of hydrogen-bond acceptors (Lipinski definition) is 7. The second-order valence-corrected chi connectivity index (χ2v) is 7.09. The molecule has 0 bridgehead atoms. The Morgan fingerprint density at radius 1 is 0.964 bits per heavy atom. The lowest BCUT2D eigenvalue weighted by molar-refractivity contribution is 0.0566. The number of amides is 2. The van der Waals surface area contributed by atoms with Gasteiger partial charge in [0.05, 0.1) is 6.61 Å². The number of aryl methyl sites for hydroxylation is 1. The van der Waals surface area contributed by atoms with Gasteiger partial charge in [-0.1, -0.05) is 6.92 Å². The molecule has 0 spiro atoms. The molecule has 154 valence electrons. The van der Waals surface area contributed by atoms with Gasteiger partial charge in [-0.3, -0.25) is 4.79 Å². The number of aromatic nitrogens is 2. The van der Waals surface area contributed by atoms with E-state index < -0.39 is 0 Å². The molecule has 28 heavy (non-hydrogen) atoms. The van der Waals surface area contributed by atoms with Crippen LogP contribution in [0.15, 0.2) is 6.07 Å². The van der Waals surface area contributed by atoms with Crippen molar-refractivity contribution in [1.82, 2.24) is 24.7 Å². The number of piperazine rings is 2. The first-order valence-electron chi connectivity index (χ1n) is 10.1. The summed E-state index contributed by atoms with van der Waals surface area (Å²) in [5.74, 6) is 0.520. The van der Waals surface area contributed by atoms with Crippen molar-refractivity contribution in [2.45, 2.75) is 20.8 Å². The normalized spacial score (nSPS) is 18.3. The fourth-order valence-electron chi connectivity index (χ4n) is 3.54. The van der Waals surface area contributed by atoms with Gasteiger partial charge in [0.25, 0.3) is 5.91 Å². The zero-order valence-corrected chi connectivity index (χ0v) is 17.1. The van der Waals surface area contributed by atoms with E-state index in [1.165, 1.54) is 0 Å². The molecule has 3 heterocycles. The zero-order chi connectivity index (χ0) is 20.1. The number of carbonyl (C=O) groups is 2. The number of likely N-dealkylation sites (N-methyl/N-ethyl adjacent to an activating group) is 1. The first kappa shape index (κ1) is 20.3. The zero-order valence-electron chi connectivity index (χ0n) is 17.1. The lowest BCUT2D eigenvalue weighted by atomic mass is 10.2. The number of hydrogen-bond donors (Lipinski definition) is 0. The molecule has 0 atom stereocenters. The summed E-state index contributed by atoms with van der Waals surface area (Å²) in [7, 11) is 0. The van der Waals surface area contributed by atoms with Gasteiger partial charge in [-0.2, -0.15) is 0 Å². The highest BCUT2D eigenvalue weighted by molar-refractivity contribution is 5.93. The first-order valence-corrected chi connectivity index (χ1v) is 10.1. The lowest BCUT2D eigenvalue weighted by Crippen LogP contribution is -2.51. The van der Waals surface area contributed by atoms with Gasteiger partial charge in [-0.15, -0.1) is 0 Å². The molecular weight excluding hydrogens is 360 g/mol. The van der Waals surface area contributed by atoms with Crippen molar-refractivity contribution in [3.8, 4) is 0 Å². The lowest BCUT2D eigenvalue weighted by Gasteiger charge is -2.35. The molecule has 1 aromatic heterocycles. The van der Waals surface area contributed by atoms with Crippen LogP contribution in [0.3, 0.4) is 0 Å². The van der Waals surface area contributed by atoms with E-state index in [1.807, 2.05) is 6.92 Å². The molecule has 2 fully saturated rings. The minimum Gasteiger partial charge on any atom is -0.450 e. The third kappa shape index (κ3) is 4.70. The van der Waals surface area contributed by atoms with Crippen LogP contribution < -0.4 is 4.90 Å². The highest BCUT2D eigenvalue weighted by atomic mass is 16.6. The predicted molar refractivity (Wildman–Crippen MR) is 106 cm³/mol. The fraction of sp³-hybridized carbons (Fsp3) is 0.684. The topological polar surface area (TPSA) is 82.1 Å². The maximum absolute atomic E-state index is 13.0. The smallest absolute Gasteiger partial charge is 0.409 e. The van der Waals surface area contributed by atoms with Crippen molar-refractivity contribution < 1.29 is 14.3 Å². The second-order valence-electron chi connectivity index (χ2n) is 7.09. The van der Waals surface area contributed by atoms with Gasteiger partial charge < -0.3 is 24.3 Å². The van der Waals surface area contributed by atoms with Crippen LogP contribution >= 0.6 is 0 Å². The molecule has 9 heteroatoms. The quantitative estimate of drug-likeness (QED) is 0.753. The van der Waals surface area contributed by atoms with Gasteiger partial charge in [-0.25, -0.2) is 14.8 Å². The molecule has 0 unspecified atom stereocenters. The summed E-state index contributed by atoms with van der Waals surface area (Å²) in [5.41, 5.74) is 1.21. The van der Waals surface area contributed by atoms with Crippen molar-refractivity contribution in [3.05, 3.63) is 17.5 Å². The summed E-state index contributed by atoms with van der Waals surface area (Å²) in [6, 6.07) is 1.74. The Morgan fingerprint density at radius 3 is 2.21 bits per heavy atom. The van der Waals surface area contributed by atoms with Gasteiger partial charge in [0.1, 0.15) is 5.69 Å². The Labute approximate surface area is 166 Å². The van der Waals surface area contributed by atoms with Gasteiger partial charge in [0.2, 0.25) is 5.95 Å². The number of anilines is 1. The summed E-state index contributed by atoms with van der Waals surface area (Å²) >= 11 is 0. The molecule has 0 aliphatic carbocycles. The summed E-state index contributed by atoms with van der Waals surface area (Å²) in [5, 5.41) is 0. The Bertz CT molecular complexity index is 697. The monoisotopic (exact) mass is 390 g/mol. The maximum atomic E-state index is 13.0. The van der Waals surface area contributed by atoms with Crippen LogP contribution in [0.1, 0.15) is 30.0 Å². The van der Waals surface area contributed by atoms with Gasteiger partial charge in [0.15, 0.2) is 0 Å². The van der Waals surface area contributed by atoms with Crippen LogP contribution in [-0.2, 0) is 4.74 Å². The average molecular weight is 390 g/mol. The number of rotatable bonds is 4. The summed E-state index contributed by atoms with van der Waals surface area (Å²) in [6.07, 6.45) is -0.319. The van der Waals surface area contributed by atoms with Crippen LogP contribution in [0.25, 0.3) is 0 Å². The summed E-state index contributed by atoms with van der Waals surface area (Å²) < 4.78 is 5.03. The SMILES string of the molecule is CCOC(=O)N1CCN(C(=O)c2cc(C)nc(N3CCN(CC)CC3)n2)CC1. The molecule has 2 saturated heterocycles. The van der Waals surface area contributed by atoms with E-state index in [2.05, 4.69) is 26.7 Å². The van der Waals surface area contributed by atoms with E-state index in [9.17, 15) is 9.59 Å². The Balaban J connectivity index is 1.64. The molecule has 3 rings (SSSR count). The molecule has 9 nitrogen and oxygen atoms in total. The minimum absolute atomic E-state index is 0.109. The number of nitrogens with zero attached hydrogens (tertiary/aromatic N) is 6.